The molecular weight excluding hydrogens is 428 g/mol. The fourth-order valence-electron chi connectivity index (χ4n) is 3.73. The Kier molecular flexibility index (Phi) is 11.1. The van der Waals surface area contributed by atoms with E-state index in [1.165, 1.54) is 22.8 Å². The molecule has 3 N–H and O–H groups in total. The van der Waals surface area contributed by atoms with Crippen LogP contribution in [-0.2, 0) is 0 Å². The third kappa shape index (κ3) is 7.63. The number of unbranched alkanes of at least 4 members (excludes halogenated alkanes) is 1. The minimum absolute atomic E-state index is 0. The highest BCUT2D eigenvalue weighted by Gasteiger charge is 2.18. The monoisotopic (exact) mass is 462 g/mol. The Morgan fingerprint density at radius 2 is 1.74 bits per heavy atom. The van der Waals surface area contributed by atoms with Crippen molar-refractivity contribution in [3.8, 4) is 0 Å². The van der Waals surface area contributed by atoms with Gasteiger partial charge in [0, 0.05) is 43.3 Å². The summed E-state index contributed by atoms with van der Waals surface area (Å²) in [4.78, 5) is 18.7. The summed E-state index contributed by atoms with van der Waals surface area (Å²) in [5, 5.41) is 2.98. The lowest BCUT2D eigenvalue weighted by Gasteiger charge is -2.37. The molecule has 1 saturated heterocycles. The van der Waals surface area contributed by atoms with E-state index in [2.05, 4.69) is 46.3 Å². The van der Waals surface area contributed by atoms with Crippen LogP contribution in [0.4, 0.5) is 11.4 Å². The Hall–Kier alpha value is -1.89. The smallest absolute Gasteiger partial charge is 0.253 e. The van der Waals surface area contributed by atoms with E-state index in [9.17, 15) is 4.79 Å². The van der Waals surface area contributed by atoms with Gasteiger partial charge in [-0.05, 0) is 55.8 Å². The van der Waals surface area contributed by atoms with Gasteiger partial charge in [-0.1, -0.05) is 31.2 Å². The van der Waals surface area contributed by atoms with Crippen LogP contribution in [0.15, 0.2) is 53.4 Å². The molecule has 1 aliphatic rings. The summed E-state index contributed by atoms with van der Waals surface area (Å²) in [6.07, 6.45) is 3.27. The summed E-state index contributed by atoms with van der Waals surface area (Å²) in [6.45, 7) is 8.36. The van der Waals surface area contributed by atoms with Gasteiger partial charge in [0.25, 0.3) is 5.91 Å². The Balaban J connectivity index is 0.00000341. The van der Waals surface area contributed by atoms with Crippen molar-refractivity contribution in [3.63, 3.8) is 0 Å². The predicted molar refractivity (Wildman–Crippen MR) is 136 cm³/mol. The molecule has 0 atom stereocenters. The normalized spacial score (nSPS) is 14.2. The molecule has 0 unspecified atom stereocenters. The minimum atomic E-state index is -0.0821. The number of benzene rings is 2. The molecular formula is C24H35ClN4OS. The number of carbonyl (C=O) groups excluding carboxylic acids is 1. The number of nitrogen functional groups attached to an aromatic ring is 1. The molecule has 1 aliphatic heterocycles. The third-order valence-corrected chi connectivity index (χ3v) is 6.70. The van der Waals surface area contributed by atoms with E-state index in [0.717, 1.165) is 45.6 Å². The highest BCUT2D eigenvalue weighted by Crippen LogP contribution is 2.31. The highest BCUT2D eigenvalue weighted by molar-refractivity contribution is 7.99. The number of thioether (sulfide) groups is 1. The van der Waals surface area contributed by atoms with Gasteiger partial charge in [0.1, 0.15) is 0 Å². The van der Waals surface area contributed by atoms with E-state index in [1.807, 2.05) is 23.9 Å². The fraction of sp³-hybridized carbons (Fsp3) is 0.458. The molecule has 0 aliphatic carbocycles. The first-order chi connectivity index (χ1) is 14.7. The van der Waals surface area contributed by atoms with Gasteiger partial charge in [-0.3, -0.25) is 9.69 Å². The number of anilines is 2. The van der Waals surface area contributed by atoms with Gasteiger partial charge in [-0.15, -0.1) is 24.2 Å². The summed E-state index contributed by atoms with van der Waals surface area (Å²) in [5.74, 6) is 1.09. The van der Waals surface area contributed by atoms with Crippen molar-refractivity contribution < 1.29 is 4.79 Å². The molecule has 0 saturated carbocycles. The predicted octanol–water partition coefficient (Wildman–Crippen LogP) is 4.52. The average molecular weight is 463 g/mol. The van der Waals surface area contributed by atoms with Gasteiger partial charge >= 0.3 is 0 Å². The van der Waals surface area contributed by atoms with Crippen molar-refractivity contribution in [2.24, 2.45) is 0 Å². The average Bonchev–Trinajstić information content (AvgIpc) is 2.78. The first-order valence-corrected chi connectivity index (χ1v) is 12.0. The quantitative estimate of drug-likeness (QED) is 0.308. The van der Waals surface area contributed by atoms with Crippen molar-refractivity contribution in [1.82, 2.24) is 10.2 Å². The largest absolute Gasteiger partial charge is 0.398 e. The Labute approximate surface area is 197 Å². The van der Waals surface area contributed by atoms with E-state index in [-0.39, 0.29) is 18.3 Å². The number of nitrogens with zero attached hydrogens (tertiary/aromatic N) is 2. The van der Waals surface area contributed by atoms with Crippen LogP contribution in [0.2, 0.25) is 0 Å². The summed E-state index contributed by atoms with van der Waals surface area (Å²) < 4.78 is 0. The van der Waals surface area contributed by atoms with Crippen LogP contribution in [0.3, 0.4) is 0 Å². The maximum absolute atomic E-state index is 12.2. The van der Waals surface area contributed by atoms with Gasteiger partial charge in [0.15, 0.2) is 0 Å². The lowest BCUT2D eigenvalue weighted by atomic mass is 10.1. The Bertz CT molecular complexity index is 812. The van der Waals surface area contributed by atoms with Crippen LogP contribution in [0.5, 0.6) is 0 Å². The molecule has 0 aromatic heterocycles. The molecule has 1 fully saturated rings. The first kappa shape index (κ1) is 25.4. The van der Waals surface area contributed by atoms with E-state index < -0.39 is 0 Å². The van der Waals surface area contributed by atoms with Gasteiger partial charge in [-0.25, -0.2) is 0 Å². The van der Waals surface area contributed by atoms with Crippen molar-refractivity contribution in [1.29, 1.82) is 0 Å². The number of nitrogens with one attached hydrogen (secondary N) is 1. The zero-order chi connectivity index (χ0) is 21.2. The van der Waals surface area contributed by atoms with Crippen LogP contribution in [0.1, 0.15) is 36.5 Å². The second kappa shape index (κ2) is 13.5. The Morgan fingerprint density at radius 3 is 2.48 bits per heavy atom. The molecule has 2 aromatic rings. The molecule has 2 aromatic carbocycles. The SMILES string of the molecule is CCCSc1ccccc1N1CCN(CCCCNC(=O)c2ccccc2N)CC1.Cl. The van der Waals surface area contributed by atoms with Crippen molar-refractivity contribution >= 4 is 41.5 Å². The maximum Gasteiger partial charge on any atom is 0.253 e. The van der Waals surface area contributed by atoms with Crippen molar-refractivity contribution in [2.75, 3.05) is 55.7 Å². The number of piperazine rings is 1. The molecule has 0 bridgehead atoms. The Morgan fingerprint density at radius 1 is 1.03 bits per heavy atom. The third-order valence-electron chi connectivity index (χ3n) is 5.43. The lowest BCUT2D eigenvalue weighted by Crippen LogP contribution is -2.46. The van der Waals surface area contributed by atoms with E-state index in [0.29, 0.717) is 17.8 Å². The van der Waals surface area contributed by atoms with Crippen LogP contribution in [-0.4, -0.2) is 55.8 Å². The number of carbonyl (C=O) groups is 1. The van der Waals surface area contributed by atoms with Crippen molar-refractivity contribution in [2.45, 2.75) is 31.1 Å². The first-order valence-electron chi connectivity index (χ1n) is 11.0. The van der Waals surface area contributed by atoms with Gasteiger partial charge in [0.2, 0.25) is 0 Å². The lowest BCUT2D eigenvalue weighted by molar-refractivity contribution is 0.0953. The summed E-state index contributed by atoms with van der Waals surface area (Å²) >= 11 is 1.96. The zero-order valence-electron chi connectivity index (χ0n) is 18.4. The number of para-hydroxylation sites is 2. The van der Waals surface area contributed by atoms with E-state index in [1.54, 1.807) is 12.1 Å². The van der Waals surface area contributed by atoms with Gasteiger partial charge in [0.05, 0.1) is 11.3 Å². The highest BCUT2D eigenvalue weighted by atomic mass is 35.5. The summed E-state index contributed by atoms with van der Waals surface area (Å²) in [7, 11) is 0. The minimum Gasteiger partial charge on any atom is -0.398 e. The number of halogens is 1. The zero-order valence-corrected chi connectivity index (χ0v) is 20.0. The van der Waals surface area contributed by atoms with E-state index >= 15 is 0 Å². The van der Waals surface area contributed by atoms with Crippen LogP contribution in [0.25, 0.3) is 0 Å². The molecule has 3 rings (SSSR count). The summed E-state index contributed by atoms with van der Waals surface area (Å²) in [6, 6.07) is 16.0. The number of rotatable bonds is 10. The van der Waals surface area contributed by atoms with E-state index in [4.69, 9.17) is 5.73 Å². The van der Waals surface area contributed by atoms with Crippen LogP contribution < -0.4 is 16.0 Å². The molecule has 1 amide bonds. The molecule has 1 heterocycles. The second-order valence-corrected chi connectivity index (χ2v) is 8.83. The van der Waals surface area contributed by atoms with Crippen LogP contribution >= 0.6 is 24.2 Å². The number of hydrogen-bond donors (Lipinski definition) is 2. The molecule has 7 heteroatoms. The fourth-order valence-corrected chi connectivity index (χ4v) is 4.67. The molecule has 0 spiro atoms. The number of nitrogens with two attached hydrogens (primary N) is 1. The second-order valence-electron chi connectivity index (χ2n) is 7.70. The topological polar surface area (TPSA) is 61.6 Å². The number of amides is 1. The molecule has 170 valence electrons. The standard InChI is InChI=1S/C24H34N4OS.ClH/c1-2-19-30-23-12-6-5-11-22(23)28-17-15-27(16-18-28)14-8-7-13-26-24(29)20-9-3-4-10-21(20)25;/h3-6,9-12H,2,7-8,13-19,25H2,1H3,(H,26,29);1H. The van der Waals surface area contributed by atoms with Crippen molar-refractivity contribution in [3.05, 3.63) is 54.1 Å². The molecule has 5 nitrogen and oxygen atoms in total. The summed E-state index contributed by atoms with van der Waals surface area (Å²) in [5.41, 5.74) is 8.34. The number of hydrogen-bond acceptors (Lipinski definition) is 5. The maximum atomic E-state index is 12.2. The molecule has 31 heavy (non-hydrogen) atoms. The van der Waals surface area contributed by atoms with Gasteiger partial charge in [-0.2, -0.15) is 0 Å². The van der Waals surface area contributed by atoms with Crippen LogP contribution in [0, 0.1) is 0 Å². The van der Waals surface area contributed by atoms with Gasteiger partial charge < -0.3 is 16.0 Å². The molecule has 0 radical (unpaired) electrons.